The summed E-state index contributed by atoms with van der Waals surface area (Å²) in [6, 6.07) is 14.5. The van der Waals surface area contributed by atoms with Crippen LogP contribution in [0.3, 0.4) is 0 Å². The molecule has 0 bridgehead atoms. The Morgan fingerprint density at radius 2 is 1.85 bits per heavy atom. The molecule has 1 atom stereocenters. The molecule has 0 radical (unpaired) electrons. The Balaban J connectivity index is 2.10. The van der Waals surface area contributed by atoms with Gasteiger partial charge in [-0.2, -0.15) is 15.6 Å². The fourth-order valence-electron chi connectivity index (χ4n) is 2.78. The van der Waals surface area contributed by atoms with E-state index in [2.05, 4.69) is 16.3 Å². The van der Waals surface area contributed by atoms with Gasteiger partial charge in [0, 0.05) is 30.9 Å². The van der Waals surface area contributed by atoms with E-state index < -0.39 is 17.0 Å². The van der Waals surface area contributed by atoms with Crippen LogP contribution in [0.25, 0.3) is 0 Å². The summed E-state index contributed by atoms with van der Waals surface area (Å²) >= 11 is 0. The van der Waals surface area contributed by atoms with E-state index in [1.807, 2.05) is 11.0 Å². The number of nitriles is 2. The van der Waals surface area contributed by atoms with Crippen molar-refractivity contribution in [3.63, 3.8) is 0 Å². The monoisotopic (exact) mass is 462 g/mol. The highest BCUT2D eigenvalue weighted by Crippen LogP contribution is 2.27. The highest BCUT2D eigenvalue weighted by molar-refractivity contribution is 5.83. The van der Waals surface area contributed by atoms with E-state index in [1.54, 1.807) is 24.3 Å². The normalized spacial score (nSPS) is 11.3. The van der Waals surface area contributed by atoms with Crippen molar-refractivity contribution in [2.75, 3.05) is 18.0 Å². The lowest BCUT2D eigenvalue weighted by atomic mass is 10.2. The van der Waals surface area contributed by atoms with E-state index in [4.69, 9.17) is 10.00 Å². The number of azo groups is 1. The van der Waals surface area contributed by atoms with Gasteiger partial charge in [0.15, 0.2) is 11.9 Å². The van der Waals surface area contributed by atoms with Gasteiger partial charge in [0.2, 0.25) is 0 Å². The Labute approximate surface area is 196 Å². The van der Waals surface area contributed by atoms with E-state index in [0.29, 0.717) is 18.8 Å². The van der Waals surface area contributed by atoms with Crippen molar-refractivity contribution in [3.05, 3.63) is 58.1 Å². The van der Waals surface area contributed by atoms with Crippen LogP contribution in [0.2, 0.25) is 0 Å². The average Bonchev–Trinajstić information content (AvgIpc) is 2.82. The van der Waals surface area contributed by atoms with Crippen LogP contribution in [0.5, 0.6) is 0 Å². The largest absolute Gasteiger partial charge is 0.455 e. The Hall–Kier alpha value is -4.64. The lowest BCUT2D eigenvalue weighted by Crippen LogP contribution is -2.29. The van der Waals surface area contributed by atoms with Crippen molar-refractivity contribution in [1.82, 2.24) is 0 Å². The summed E-state index contributed by atoms with van der Waals surface area (Å²) < 4.78 is 5.07. The van der Waals surface area contributed by atoms with Gasteiger partial charge in [-0.3, -0.25) is 19.7 Å². The second-order valence-electron chi connectivity index (χ2n) is 7.17. The SMILES string of the molecule is CC(=O)C(C)OC(=O)CCN(CCC#N)c1ccc(/N=N/c2ccc([N+](=O)[O-])cc2C#N)cc1. The fourth-order valence-corrected chi connectivity index (χ4v) is 2.78. The van der Waals surface area contributed by atoms with Gasteiger partial charge < -0.3 is 9.64 Å². The molecule has 2 rings (SSSR count). The number of nitro groups is 1. The second-order valence-corrected chi connectivity index (χ2v) is 7.17. The van der Waals surface area contributed by atoms with Crippen LogP contribution >= 0.6 is 0 Å². The van der Waals surface area contributed by atoms with Crippen molar-refractivity contribution in [2.24, 2.45) is 10.2 Å². The molecule has 0 aromatic heterocycles. The summed E-state index contributed by atoms with van der Waals surface area (Å²) in [5.41, 5.74) is 1.24. The number of non-ortho nitro benzene ring substituents is 1. The van der Waals surface area contributed by atoms with Crippen LogP contribution in [-0.2, 0) is 14.3 Å². The first kappa shape index (κ1) is 25.6. The third-order valence-electron chi connectivity index (χ3n) is 4.76. The van der Waals surface area contributed by atoms with E-state index in [-0.39, 0.29) is 35.6 Å². The highest BCUT2D eigenvalue weighted by atomic mass is 16.6. The van der Waals surface area contributed by atoms with Gasteiger partial charge in [0.05, 0.1) is 35.1 Å². The minimum atomic E-state index is -0.804. The third kappa shape index (κ3) is 7.50. The minimum Gasteiger partial charge on any atom is -0.455 e. The predicted octanol–water partition coefficient (Wildman–Crippen LogP) is 4.51. The molecule has 2 aromatic carbocycles. The summed E-state index contributed by atoms with van der Waals surface area (Å²) in [5.74, 6) is -0.749. The maximum atomic E-state index is 12.0. The molecule has 0 aliphatic carbocycles. The van der Waals surface area contributed by atoms with Crippen molar-refractivity contribution in [1.29, 1.82) is 10.5 Å². The molecule has 34 heavy (non-hydrogen) atoms. The van der Waals surface area contributed by atoms with Crippen molar-refractivity contribution in [3.8, 4) is 12.1 Å². The van der Waals surface area contributed by atoms with E-state index in [9.17, 15) is 25.0 Å². The first-order chi connectivity index (χ1) is 16.2. The predicted molar refractivity (Wildman–Crippen MR) is 122 cm³/mol. The van der Waals surface area contributed by atoms with Gasteiger partial charge in [-0.15, -0.1) is 5.11 Å². The van der Waals surface area contributed by atoms with Gasteiger partial charge in [0.25, 0.3) is 5.69 Å². The van der Waals surface area contributed by atoms with Crippen LogP contribution in [0.15, 0.2) is 52.7 Å². The molecule has 11 heteroatoms. The lowest BCUT2D eigenvalue weighted by Gasteiger charge is -2.23. The number of benzene rings is 2. The number of ether oxygens (including phenoxy) is 1. The molecule has 0 fully saturated rings. The Bertz CT molecular complexity index is 1160. The summed E-state index contributed by atoms with van der Waals surface area (Å²) in [6.07, 6.45) is -0.513. The number of carbonyl (C=O) groups is 2. The average molecular weight is 462 g/mol. The first-order valence-corrected chi connectivity index (χ1v) is 10.3. The summed E-state index contributed by atoms with van der Waals surface area (Å²) in [4.78, 5) is 35.3. The van der Waals surface area contributed by atoms with Crippen molar-refractivity contribution >= 4 is 34.5 Å². The van der Waals surface area contributed by atoms with Gasteiger partial charge in [-0.1, -0.05) is 0 Å². The van der Waals surface area contributed by atoms with E-state index in [0.717, 1.165) is 11.8 Å². The summed E-state index contributed by atoms with van der Waals surface area (Å²) in [6.45, 7) is 3.54. The van der Waals surface area contributed by atoms with Crippen molar-refractivity contribution < 1.29 is 19.2 Å². The zero-order valence-corrected chi connectivity index (χ0v) is 18.7. The number of hydrogen-bond acceptors (Lipinski definition) is 10. The zero-order chi connectivity index (χ0) is 25.1. The van der Waals surface area contributed by atoms with Gasteiger partial charge in [-0.25, -0.2) is 0 Å². The van der Waals surface area contributed by atoms with Crippen LogP contribution in [0.1, 0.15) is 32.3 Å². The number of rotatable bonds is 11. The number of esters is 1. The summed E-state index contributed by atoms with van der Waals surface area (Å²) in [5, 5.41) is 37.1. The standard InChI is InChI=1S/C23H22N6O5/c1-16(30)17(2)34-23(31)10-13-28(12-3-11-24)20-6-4-19(5-7-20)26-27-22-9-8-21(29(32)33)14-18(22)15-25/h4-9,14,17H,3,10,12-13H2,1-2H3/b27-26+. The van der Waals surface area contributed by atoms with E-state index >= 15 is 0 Å². The molecule has 0 spiro atoms. The Kier molecular flexibility index (Phi) is 9.35. The zero-order valence-electron chi connectivity index (χ0n) is 18.7. The highest BCUT2D eigenvalue weighted by Gasteiger charge is 2.15. The number of carbonyl (C=O) groups excluding carboxylic acids is 2. The van der Waals surface area contributed by atoms with Crippen LogP contribution in [0.4, 0.5) is 22.7 Å². The minimum absolute atomic E-state index is 0.0308. The van der Waals surface area contributed by atoms with Gasteiger partial charge in [0.1, 0.15) is 11.8 Å². The molecule has 2 aromatic rings. The number of anilines is 1. The molecule has 0 saturated heterocycles. The molecular formula is C23H22N6O5. The fraction of sp³-hybridized carbons (Fsp3) is 0.304. The Morgan fingerprint density at radius 1 is 1.15 bits per heavy atom. The molecule has 1 unspecified atom stereocenters. The molecular weight excluding hydrogens is 440 g/mol. The second kappa shape index (κ2) is 12.4. The maximum absolute atomic E-state index is 12.0. The molecule has 0 aliphatic heterocycles. The van der Waals surface area contributed by atoms with Crippen LogP contribution in [-0.4, -0.2) is 35.9 Å². The third-order valence-corrected chi connectivity index (χ3v) is 4.76. The van der Waals surface area contributed by atoms with Gasteiger partial charge >= 0.3 is 5.97 Å². The number of nitrogens with zero attached hydrogens (tertiary/aromatic N) is 6. The van der Waals surface area contributed by atoms with Crippen LogP contribution in [0, 0.1) is 32.8 Å². The number of nitro benzene ring substituents is 1. The molecule has 0 aliphatic rings. The number of Topliss-reactive ketones (excluding diaryl/α,β-unsaturated/α-hetero) is 1. The van der Waals surface area contributed by atoms with Crippen LogP contribution < -0.4 is 4.90 Å². The molecule has 0 heterocycles. The quantitative estimate of drug-likeness (QED) is 0.204. The molecule has 11 nitrogen and oxygen atoms in total. The molecule has 174 valence electrons. The first-order valence-electron chi connectivity index (χ1n) is 10.3. The number of ketones is 1. The molecule has 0 saturated carbocycles. The molecule has 0 N–H and O–H groups in total. The smallest absolute Gasteiger partial charge is 0.308 e. The number of hydrogen-bond donors (Lipinski definition) is 0. The topological polar surface area (TPSA) is 162 Å². The Morgan fingerprint density at radius 3 is 2.44 bits per heavy atom. The summed E-state index contributed by atoms with van der Waals surface area (Å²) in [7, 11) is 0. The van der Waals surface area contributed by atoms with E-state index in [1.165, 1.54) is 26.0 Å². The van der Waals surface area contributed by atoms with Gasteiger partial charge in [-0.05, 0) is 44.2 Å². The lowest BCUT2D eigenvalue weighted by molar-refractivity contribution is -0.384. The molecule has 0 amide bonds. The maximum Gasteiger partial charge on any atom is 0.308 e. The van der Waals surface area contributed by atoms with Crippen molar-refractivity contribution in [2.45, 2.75) is 32.8 Å².